The molecule has 1 amide bonds. The first-order valence-electron chi connectivity index (χ1n) is 11.1. The number of hydrogen-bond donors (Lipinski definition) is 2. The molecule has 0 saturated carbocycles. The van der Waals surface area contributed by atoms with E-state index >= 15 is 0 Å². The first-order chi connectivity index (χ1) is 16.0. The van der Waals surface area contributed by atoms with Crippen LogP contribution in [0.2, 0.25) is 0 Å². The maximum atomic E-state index is 13.4. The highest BCUT2D eigenvalue weighted by atomic mass is 32.2. The Bertz CT molecular complexity index is 1030. The molecule has 1 aromatic carbocycles. The minimum Gasteiger partial charge on any atom is -0.487 e. The van der Waals surface area contributed by atoms with Crippen LogP contribution in [0.15, 0.2) is 48.7 Å². The van der Waals surface area contributed by atoms with Crippen molar-refractivity contribution < 1.29 is 27.9 Å². The van der Waals surface area contributed by atoms with Crippen LogP contribution in [-0.2, 0) is 26.2 Å². The summed E-state index contributed by atoms with van der Waals surface area (Å²) in [6.45, 7) is 1.37. The van der Waals surface area contributed by atoms with Gasteiger partial charge in [-0.25, -0.2) is 18.2 Å². The van der Waals surface area contributed by atoms with Gasteiger partial charge in [0.2, 0.25) is 10.0 Å². The lowest BCUT2D eigenvalue weighted by molar-refractivity contribution is -0.134. The van der Waals surface area contributed by atoms with Crippen molar-refractivity contribution in [2.24, 2.45) is 0 Å². The molecule has 2 aromatic rings. The molecule has 0 spiro atoms. The summed E-state index contributed by atoms with van der Waals surface area (Å²) < 4.78 is 37.6. The molecule has 2 fully saturated rings. The second kappa shape index (κ2) is 10.2. The molecule has 4 rings (SSSR count). The van der Waals surface area contributed by atoms with Gasteiger partial charge < -0.3 is 9.47 Å². The topological polar surface area (TPSA) is 118 Å². The van der Waals surface area contributed by atoms with E-state index < -0.39 is 20.7 Å². The molecule has 2 saturated heterocycles. The first kappa shape index (κ1) is 23.6. The van der Waals surface area contributed by atoms with Gasteiger partial charge in [-0.2, -0.15) is 0 Å². The predicted molar refractivity (Wildman–Crippen MR) is 120 cm³/mol. The summed E-state index contributed by atoms with van der Waals surface area (Å²) in [4.78, 5) is 16.9. The highest BCUT2D eigenvalue weighted by Gasteiger charge is 2.54. The van der Waals surface area contributed by atoms with Crippen molar-refractivity contribution in [3.05, 3.63) is 59.9 Å². The van der Waals surface area contributed by atoms with E-state index in [2.05, 4.69) is 4.98 Å². The summed E-state index contributed by atoms with van der Waals surface area (Å²) in [5.41, 5.74) is 3.53. The largest absolute Gasteiger partial charge is 0.487 e. The number of rotatable bonds is 7. The summed E-state index contributed by atoms with van der Waals surface area (Å²) >= 11 is 0. The lowest BCUT2D eigenvalue weighted by Gasteiger charge is -2.40. The van der Waals surface area contributed by atoms with Gasteiger partial charge in [-0.15, -0.1) is 0 Å². The van der Waals surface area contributed by atoms with Crippen molar-refractivity contribution in [2.75, 3.05) is 26.3 Å². The Morgan fingerprint density at radius 2 is 1.85 bits per heavy atom. The van der Waals surface area contributed by atoms with Gasteiger partial charge in [0.1, 0.15) is 12.4 Å². The number of benzene rings is 1. The van der Waals surface area contributed by atoms with E-state index in [-0.39, 0.29) is 32.0 Å². The van der Waals surface area contributed by atoms with Crippen molar-refractivity contribution in [1.29, 1.82) is 0 Å². The number of aromatic nitrogens is 1. The summed E-state index contributed by atoms with van der Waals surface area (Å²) in [6, 6.07) is 13.7. The molecule has 178 valence electrons. The molecule has 10 heteroatoms. The van der Waals surface area contributed by atoms with E-state index in [0.717, 1.165) is 11.3 Å². The first-order valence-corrected chi connectivity index (χ1v) is 12.5. The van der Waals surface area contributed by atoms with Gasteiger partial charge in [0.25, 0.3) is 5.91 Å². The van der Waals surface area contributed by atoms with Gasteiger partial charge in [0.05, 0.1) is 6.20 Å². The number of carbonyl (C=O) groups is 1. The average Bonchev–Trinajstić information content (AvgIpc) is 2.88. The molecular weight excluding hydrogens is 446 g/mol. The fourth-order valence-corrected chi connectivity index (χ4v) is 6.65. The molecule has 0 aliphatic carbocycles. The van der Waals surface area contributed by atoms with Crippen LogP contribution in [0.4, 0.5) is 0 Å². The van der Waals surface area contributed by atoms with Crippen LogP contribution in [0.25, 0.3) is 0 Å². The van der Waals surface area contributed by atoms with Crippen molar-refractivity contribution in [1.82, 2.24) is 14.8 Å². The highest BCUT2D eigenvalue weighted by Crippen LogP contribution is 2.36. The molecule has 2 aliphatic rings. The van der Waals surface area contributed by atoms with E-state index in [9.17, 15) is 18.4 Å². The van der Waals surface area contributed by atoms with Crippen LogP contribution in [0, 0.1) is 0 Å². The lowest BCUT2D eigenvalue weighted by atomic mass is 9.94. The minimum atomic E-state index is -3.96. The molecule has 3 heterocycles. The zero-order valence-corrected chi connectivity index (χ0v) is 19.2. The Labute approximate surface area is 193 Å². The van der Waals surface area contributed by atoms with Gasteiger partial charge in [-0.3, -0.25) is 15.0 Å². The number of hydrogen-bond acceptors (Lipinski definition) is 7. The summed E-state index contributed by atoms with van der Waals surface area (Å²) in [6.07, 6.45) is 2.94. The number of nitrogens with one attached hydrogen (secondary N) is 1. The Kier molecular flexibility index (Phi) is 7.28. The Balaban J connectivity index is 1.37. The Morgan fingerprint density at radius 1 is 1.15 bits per heavy atom. The van der Waals surface area contributed by atoms with Gasteiger partial charge in [0, 0.05) is 50.8 Å². The molecule has 0 atom stereocenters. The number of hydroxylamine groups is 1. The normalized spacial score (nSPS) is 19.7. The van der Waals surface area contributed by atoms with E-state index in [1.165, 1.54) is 4.31 Å². The van der Waals surface area contributed by atoms with E-state index in [1.54, 1.807) is 11.7 Å². The molecule has 2 N–H and O–H groups in total. The zero-order valence-electron chi connectivity index (χ0n) is 18.4. The second-order valence-corrected chi connectivity index (χ2v) is 10.7. The standard InChI is InChI=1S/C23H29N3O6S/c27-22(25-28)23(10-14-31-15-11-23)33(29,30)26-12-8-19(9-13-26)21-7-6-20(16-24-21)32-17-18-4-2-1-3-5-18/h1-7,16,19,28H,8-15,17H2,(H,25,27). The van der Waals surface area contributed by atoms with Crippen molar-refractivity contribution in [2.45, 2.75) is 43.0 Å². The smallest absolute Gasteiger partial charge is 0.266 e. The second-order valence-electron chi connectivity index (χ2n) is 8.42. The fourth-order valence-electron chi connectivity index (χ4n) is 4.50. The summed E-state index contributed by atoms with van der Waals surface area (Å²) in [5, 5.41) is 9.19. The van der Waals surface area contributed by atoms with Crippen LogP contribution in [-0.4, -0.2) is 59.9 Å². The van der Waals surface area contributed by atoms with Gasteiger partial charge >= 0.3 is 0 Å². The number of nitrogens with zero attached hydrogens (tertiary/aromatic N) is 2. The summed E-state index contributed by atoms with van der Waals surface area (Å²) in [7, 11) is -3.96. The monoisotopic (exact) mass is 475 g/mol. The molecule has 0 radical (unpaired) electrons. The minimum absolute atomic E-state index is 0.0215. The van der Waals surface area contributed by atoms with E-state index in [4.69, 9.17) is 9.47 Å². The van der Waals surface area contributed by atoms with Crippen molar-refractivity contribution in [3.63, 3.8) is 0 Å². The summed E-state index contributed by atoms with van der Waals surface area (Å²) in [5.74, 6) is -0.0864. The number of pyridine rings is 1. The molecule has 33 heavy (non-hydrogen) atoms. The van der Waals surface area contributed by atoms with Crippen LogP contribution in [0.5, 0.6) is 5.75 Å². The van der Waals surface area contributed by atoms with Gasteiger partial charge in [-0.05, 0) is 30.5 Å². The molecule has 2 aliphatic heterocycles. The van der Waals surface area contributed by atoms with E-state index in [1.807, 2.05) is 42.5 Å². The fraction of sp³-hybridized carbons (Fsp3) is 0.478. The third-order valence-electron chi connectivity index (χ3n) is 6.53. The zero-order chi connectivity index (χ0) is 23.3. The van der Waals surface area contributed by atoms with Crippen LogP contribution in [0.1, 0.15) is 42.9 Å². The van der Waals surface area contributed by atoms with Gasteiger partial charge in [-0.1, -0.05) is 30.3 Å². The molecule has 0 unspecified atom stereocenters. The predicted octanol–water partition coefficient (Wildman–Crippen LogP) is 2.22. The van der Waals surface area contributed by atoms with E-state index in [0.29, 0.717) is 38.3 Å². The highest BCUT2D eigenvalue weighted by molar-refractivity contribution is 7.91. The molecular formula is C23H29N3O6S. The lowest BCUT2D eigenvalue weighted by Crippen LogP contribution is -2.60. The molecule has 1 aromatic heterocycles. The Morgan fingerprint density at radius 3 is 2.45 bits per heavy atom. The van der Waals surface area contributed by atoms with Crippen LogP contribution < -0.4 is 10.2 Å². The quantitative estimate of drug-likeness (QED) is 0.466. The SMILES string of the molecule is O=C(NO)C1(S(=O)(=O)N2CCC(c3ccc(OCc4ccccc4)cn3)CC2)CCOCC1. The average molecular weight is 476 g/mol. The number of amides is 1. The van der Waals surface area contributed by atoms with Crippen molar-refractivity contribution in [3.8, 4) is 5.75 Å². The van der Waals surface area contributed by atoms with Crippen molar-refractivity contribution >= 4 is 15.9 Å². The maximum Gasteiger partial charge on any atom is 0.266 e. The van der Waals surface area contributed by atoms with Gasteiger partial charge in [0.15, 0.2) is 4.75 Å². The van der Waals surface area contributed by atoms with Crippen LogP contribution in [0.3, 0.4) is 0 Å². The molecule has 0 bridgehead atoms. The maximum absolute atomic E-state index is 13.4. The van der Waals surface area contributed by atoms with Crippen LogP contribution >= 0.6 is 0 Å². The third-order valence-corrected chi connectivity index (χ3v) is 9.16. The third kappa shape index (κ3) is 4.89. The number of piperidine rings is 1. The Hall–Kier alpha value is -2.53. The molecule has 9 nitrogen and oxygen atoms in total. The number of carbonyl (C=O) groups excluding carboxylic acids is 1. The number of sulfonamides is 1. The number of ether oxygens (including phenoxy) is 2.